The van der Waals surface area contributed by atoms with E-state index in [1.54, 1.807) is 17.0 Å². The zero-order valence-corrected chi connectivity index (χ0v) is 15.2. The number of carbonyl (C=O) groups is 1. The van der Waals surface area contributed by atoms with Crippen molar-refractivity contribution in [1.29, 1.82) is 0 Å². The zero-order chi connectivity index (χ0) is 17.9. The number of nitrogens with zero attached hydrogens (tertiary/aromatic N) is 2. The first kappa shape index (κ1) is 18.2. The molecule has 25 heavy (non-hydrogen) atoms. The maximum Gasteiger partial charge on any atom is 0.321 e. The lowest BCUT2D eigenvalue weighted by Gasteiger charge is -2.27. The summed E-state index contributed by atoms with van der Waals surface area (Å²) in [5.41, 5.74) is 0.438. The van der Waals surface area contributed by atoms with Crippen LogP contribution in [0.3, 0.4) is 0 Å². The third kappa shape index (κ3) is 4.71. The number of hydrogen-bond donors (Lipinski definition) is 2. The van der Waals surface area contributed by atoms with Gasteiger partial charge >= 0.3 is 6.03 Å². The van der Waals surface area contributed by atoms with Gasteiger partial charge in [0.15, 0.2) is 0 Å². The number of nitrogens with one attached hydrogen (secondary N) is 1. The highest BCUT2D eigenvalue weighted by Crippen LogP contribution is 2.24. The van der Waals surface area contributed by atoms with Gasteiger partial charge in [0.1, 0.15) is 0 Å². The molecule has 138 valence electrons. The molecule has 0 atom stereocenters. The summed E-state index contributed by atoms with van der Waals surface area (Å²) in [6, 6.07) is 6.51. The van der Waals surface area contributed by atoms with E-state index in [4.69, 9.17) is 5.14 Å². The first-order valence-electron chi connectivity index (χ1n) is 8.86. The average Bonchev–Trinajstić information content (AvgIpc) is 2.99. The van der Waals surface area contributed by atoms with E-state index in [1.807, 2.05) is 0 Å². The van der Waals surface area contributed by atoms with Crippen LogP contribution in [0.25, 0.3) is 0 Å². The maximum absolute atomic E-state index is 12.5. The molecular formula is C17H26N4O3S. The fourth-order valence-corrected chi connectivity index (χ4v) is 4.29. The smallest absolute Gasteiger partial charge is 0.321 e. The molecular weight excluding hydrogens is 340 g/mol. The Bertz CT molecular complexity index is 716. The van der Waals surface area contributed by atoms with Crippen LogP contribution in [0.1, 0.15) is 32.1 Å². The molecule has 2 aliphatic rings. The molecule has 3 N–H and O–H groups in total. The van der Waals surface area contributed by atoms with Crippen LogP contribution in [-0.2, 0) is 10.0 Å². The van der Waals surface area contributed by atoms with Crippen molar-refractivity contribution in [3.8, 4) is 0 Å². The predicted octanol–water partition coefficient (Wildman–Crippen LogP) is 1.82. The highest BCUT2D eigenvalue weighted by atomic mass is 32.2. The molecule has 1 aromatic rings. The number of urea groups is 1. The highest BCUT2D eigenvalue weighted by Gasteiger charge is 2.26. The van der Waals surface area contributed by atoms with Crippen molar-refractivity contribution >= 4 is 21.7 Å². The van der Waals surface area contributed by atoms with Crippen LogP contribution in [0.15, 0.2) is 29.2 Å². The van der Waals surface area contributed by atoms with Crippen LogP contribution in [0.4, 0.5) is 10.5 Å². The van der Waals surface area contributed by atoms with Gasteiger partial charge in [-0.15, -0.1) is 0 Å². The molecule has 3 rings (SSSR count). The molecule has 0 aromatic heterocycles. The standard InChI is InChI=1S/C17H26N4O3S/c18-25(23,24)16-8-3-5-14(13-16)19-17(22)21-10-4-9-20(11-12-21)15-6-1-2-7-15/h3,5,8,13,15H,1-2,4,6-7,9-12H2,(H,19,22)(H2,18,23,24). The van der Waals surface area contributed by atoms with E-state index in [-0.39, 0.29) is 10.9 Å². The van der Waals surface area contributed by atoms with E-state index in [0.717, 1.165) is 19.5 Å². The molecule has 0 spiro atoms. The molecule has 1 aliphatic carbocycles. The first-order valence-corrected chi connectivity index (χ1v) is 10.4. The number of anilines is 1. The monoisotopic (exact) mass is 366 g/mol. The largest absolute Gasteiger partial charge is 0.323 e. The van der Waals surface area contributed by atoms with E-state index < -0.39 is 10.0 Å². The highest BCUT2D eigenvalue weighted by molar-refractivity contribution is 7.89. The van der Waals surface area contributed by atoms with Crippen LogP contribution < -0.4 is 10.5 Å². The molecule has 7 nitrogen and oxygen atoms in total. The van der Waals surface area contributed by atoms with E-state index in [0.29, 0.717) is 24.8 Å². The number of primary sulfonamides is 1. The number of nitrogens with two attached hydrogens (primary N) is 1. The topological polar surface area (TPSA) is 95.7 Å². The second-order valence-corrected chi connectivity index (χ2v) is 8.38. The van der Waals surface area contributed by atoms with E-state index in [2.05, 4.69) is 10.2 Å². The average molecular weight is 366 g/mol. The lowest BCUT2D eigenvalue weighted by Crippen LogP contribution is -2.40. The van der Waals surface area contributed by atoms with Crippen LogP contribution in [-0.4, -0.2) is 56.5 Å². The number of amides is 2. The van der Waals surface area contributed by atoms with Crippen molar-refractivity contribution in [2.24, 2.45) is 5.14 Å². The van der Waals surface area contributed by atoms with Crippen molar-refractivity contribution in [2.75, 3.05) is 31.5 Å². The summed E-state index contributed by atoms with van der Waals surface area (Å²) in [4.78, 5) is 16.8. The minimum atomic E-state index is -3.78. The van der Waals surface area contributed by atoms with E-state index in [1.165, 1.54) is 37.8 Å². The molecule has 2 fully saturated rings. The van der Waals surface area contributed by atoms with Crippen LogP contribution >= 0.6 is 0 Å². The second-order valence-electron chi connectivity index (χ2n) is 6.82. The summed E-state index contributed by atoms with van der Waals surface area (Å²) in [7, 11) is -3.78. The molecule has 2 amide bonds. The summed E-state index contributed by atoms with van der Waals surface area (Å²) in [5, 5.41) is 7.92. The van der Waals surface area contributed by atoms with Crippen LogP contribution in [0.2, 0.25) is 0 Å². The summed E-state index contributed by atoms with van der Waals surface area (Å²) in [6.45, 7) is 3.34. The first-order chi connectivity index (χ1) is 11.9. The number of benzene rings is 1. The van der Waals surface area contributed by atoms with Gasteiger partial charge in [0, 0.05) is 37.9 Å². The predicted molar refractivity (Wildman–Crippen MR) is 96.9 cm³/mol. The fraction of sp³-hybridized carbons (Fsp3) is 0.588. The Kier molecular flexibility index (Phi) is 5.61. The van der Waals surface area contributed by atoms with Crippen molar-refractivity contribution < 1.29 is 13.2 Å². The molecule has 1 heterocycles. The van der Waals surface area contributed by atoms with Gasteiger partial charge < -0.3 is 10.2 Å². The molecule has 8 heteroatoms. The summed E-state index contributed by atoms with van der Waals surface area (Å²) < 4.78 is 22.9. The van der Waals surface area contributed by atoms with Crippen molar-refractivity contribution in [3.05, 3.63) is 24.3 Å². The van der Waals surface area contributed by atoms with Crippen LogP contribution in [0.5, 0.6) is 0 Å². The van der Waals surface area contributed by atoms with Crippen molar-refractivity contribution in [1.82, 2.24) is 9.80 Å². The minimum absolute atomic E-state index is 0.00595. The van der Waals surface area contributed by atoms with Gasteiger partial charge in [-0.25, -0.2) is 18.4 Å². The Morgan fingerprint density at radius 2 is 1.84 bits per heavy atom. The van der Waals surface area contributed by atoms with Gasteiger partial charge in [-0.2, -0.15) is 0 Å². The third-order valence-corrected chi connectivity index (χ3v) is 5.98. The van der Waals surface area contributed by atoms with E-state index >= 15 is 0 Å². The quantitative estimate of drug-likeness (QED) is 0.853. The van der Waals surface area contributed by atoms with Gasteiger partial charge in [0.2, 0.25) is 10.0 Å². The Balaban J connectivity index is 1.60. The Hall–Kier alpha value is -1.64. The number of carbonyl (C=O) groups excluding carboxylic acids is 1. The van der Waals surface area contributed by atoms with Gasteiger partial charge in [0.25, 0.3) is 0 Å². The van der Waals surface area contributed by atoms with Crippen molar-refractivity contribution in [3.63, 3.8) is 0 Å². The van der Waals surface area contributed by atoms with Crippen LogP contribution in [0, 0.1) is 0 Å². The number of rotatable bonds is 3. The molecule has 1 saturated heterocycles. The summed E-state index contributed by atoms with van der Waals surface area (Å²) in [6.07, 6.45) is 6.12. The van der Waals surface area contributed by atoms with Gasteiger partial charge in [-0.1, -0.05) is 18.9 Å². The second kappa shape index (κ2) is 7.72. The Morgan fingerprint density at radius 3 is 2.56 bits per heavy atom. The maximum atomic E-state index is 12.5. The molecule has 1 aromatic carbocycles. The number of sulfonamides is 1. The molecule has 0 bridgehead atoms. The van der Waals surface area contributed by atoms with E-state index in [9.17, 15) is 13.2 Å². The molecule has 0 unspecified atom stereocenters. The van der Waals surface area contributed by atoms with Crippen molar-refractivity contribution in [2.45, 2.75) is 43.0 Å². The van der Waals surface area contributed by atoms with Gasteiger partial charge in [-0.05, 0) is 37.5 Å². The van der Waals surface area contributed by atoms with Gasteiger partial charge in [0.05, 0.1) is 4.90 Å². The number of hydrogen-bond acceptors (Lipinski definition) is 4. The normalized spacial score (nSPS) is 20.4. The fourth-order valence-electron chi connectivity index (χ4n) is 3.73. The SMILES string of the molecule is NS(=O)(=O)c1cccc(NC(=O)N2CCCN(C3CCCC3)CC2)c1. The van der Waals surface area contributed by atoms with Gasteiger partial charge in [-0.3, -0.25) is 4.90 Å². The lowest BCUT2D eigenvalue weighted by atomic mass is 10.2. The third-order valence-electron chi connectivity index (χ3n) is 5.07. The molecule has 1 saturated carbocycles. The lowest BCUT2D eigenvalue weighted by molar-refractivity contribution is 0.195. The molecule has 1 aliphatic heterocycles. The summed E-state index contributed by atoms with van der Waals surface area (Å²) in [5.74, 6) is 0. The molecule has 0 radical (unpaired) electrons. The summed E-state index contributed by atoms with van der Waals surface area (Å²) >= 11 is 0. The minimum Gasteiger partial charge on any atom is -0.323 e. The Morgan fingerprint density at radius 1 is 1.08 bits per heavy atom. The zero-order valence-electron chi connectivity index (χ0n) is 14.4. The Labute approximate surface area is 149 Å².